The van der Waals surface area contributed by atoms with Gasteiger partial charge in [-0.05, 0) is 0 Å². The Balaban J connectivity index is 5.43. The van der Waals surface area contributed by atoms with Crippen molar-refractivity contribution in [2.75, 3.05) is 0 Å². The maximum absolute atomic E-state index is 10.0. The van der Waals surface area contributed by atoms with Crippen LogP contribution in [0.15, 0.2) is 0 Å². The molecule has 0 fully saturated rings. The van der Waals surface area contributed by atoms with Crippen molar-refractivity contribution in [3.05, 3.63) is 0 Å². The Hall–Kier alpha value is -0.0300. The number of rotatable bonds is 2. The molecule has 0 radical (unpaired) electrons. The molecule has 0 amide bonds. The quantitative estimate of drug-likeness (QED) is 0.390. The summed E-state index contributed by atoms with van der Waals surface area (Å²) in [5.41, 5.74) is 0. The Labute approximate surface area is 58.3 Å². The van der Waals surface area contributed by atoms with Crippen LogP contribution >= 0.6 is 0 Å². The van der Waals surface area contributed by atoms with Crippen LogP contribution in [0.4, 0.5) is 0 Å². The second kappa shape index (κ2) is 2.54. The highest BCUT2D eigenvalue weighted by Gasteiger charge is 2.26. The lowest BCUT2D eigenvalue weighted by molar-refractivity contribution is 0.541. The first-order chi connectivity index (χ1) is 4.19. The molecule has 0 saturated heterocycles. The van der Waals surface area contributed by atoms with Crippen LogP contribution in [0.3, 0.4) is 0 Å². The van der Waals surface area contributed by atoms with Gasteiger partial charge < -0.3 is 4.55 Å². The minimum Gasteiger partial charge on any atom is -0.759 e. The molecule has 0 aliphatic rings. The molecule has 1 atom stereocenters. The predicted octanol–water partition coefficient (Wildman–Crippen LogP) is -2.60. The van der Waals surface area contributed by atoms with Gasteiger partial charge in [-0.2, -0.15) is 16.8 Å². The summed E-state index contributed by atoms with van der Waals surface area (Å²) in [4.78, 5) is 0. The van der Waals surface area contributed by atoms with Gasteiger partial charge in [-0.1, -0.05) is 0 Å². The lowest BCUT2D eigenvalue weighted by Gasteiger charge is -2.01. The van der Waals surface area contributed by atoms with E-state index in [2.05, 4.69) is 5.14 Å². The highest BCUT2D eigenvalue weighted by molar-refractivity contribution is 8.96. The monoisotopic (exact) mass is 208 g/mol. The van der Waals surface area contributed by atoms with Gasteiger partial charge in [0.05, 0.1) is 10.1 Å². The summed E-state index contributed by atoms with van der Waals surface area (Å²) in [7, 11) is -14.0. The van der Waals surface area contributed by atoms with Crippen molar-refractivity contribution in [1.82, 2.24) is 0 Å². The van der Waals surface area contributed by atoms with Crippen molar-refractivity contribution in [3.8, 4) is 0 Å². The molecular formula is H2NO6S3-. The summed E-state index contributed by atoms with van der Waals surface area (Å²) in [6.45, 7) is 0. The molecule has 1 unspecified atom stereocenters. The van der Waals surface area contributed by atoms with Crippen molar-refractivity contribution in [3.63, 3.8) is 0 Å². The van der Waals surface area contributed by atoms with Crippen LogP contribution in [-0.2, 0) is 27.1 Å². The van der Waals surface area contributed by atoms with Crippen LogP contribution in [0, 0.1) is 0 Å². The van der Waals surface area contributed by atoms with E-state index >= 15 is 0 Å². The molecule has 0 rings (SSSR count). The highest BCUT2D eigenvalue weighted by atomic mass is 33.6. The molecule has 0 aromatic rings. The van der Waals surface area contributed by atoms with Crippen LogP contribution in [0.25, 0.3) is 0 Å². The van der Waals surface area contributed by atoms with E-state index in [1.807, 2.05) is 0 Å². The van der Waals surface area contributed by atoms with Gasteiger partial charge in [0.15, 0.2) is 0 Å². The highest BCUT2D eigenvalue weighted by Crippen LogP contribution is 1.99. The minimum atomic E-state index is -5.25. The summed E-state index contributed by atoms with van der Waals surface area (Å²) in [6, 6.07) is 0. The largest absolute Gasteiger partial charge is 0.759 e. The number of hydrogen-bond acceptors (Lipinski definition) is 6. The second-order valence-electron chi connectivity index (χ2n) is 1.11. The van der Waals surface area contributed by atoms with Gasteiger partial charge in [-0.15, -0.1) is 0 Å². The van der Waals surface area contributed by atoms with E-state index in [1.54, 1.807) is 0 Å². The van der Waals surface area contributed by atoms with Crippen LogP contribution < -0.4 is 5.14 Å². The predicted molar refractivity (Wildman–Crippen MR) is 30.9 cm³/mol. The Kier molecular flexibility index (Phi) is 2.53. The van der Waals surface area contributed by atoms with E-state index in [0.29, 0.717) is 0 Å². The molecule has 62 valence electrons. The molecule has 0 aromatic carbocycles. The summed E-state index contributed by atoms with van der Waals surface area (Å²) in [6.07, 6.45) is 0. The average molecular weight is 208 g/mol. The van der Waals surface area contributed by atoms with Crippen molar-refractivity contribution in [2.24, 2.45) is 5.14 Å². The summed E-state index contributed by atoms with van der Waals surface area (Å²) in [5.74, 6) is 0. The van der Waals surface area contributed by atoms with Gasteiger partial charge >= 0.3 is 17.0 Å². The molecule has 0 aliphatic heterocycles. The number of hydrogen-bond donors (Lipinski definition) is 1. The Morgan fingerprint density at radius 1 is 1.20 bits per heavy atom. The maximum atomic E-state index is 10.0. The van der Waals surface area contributed by atoms with E-state index < -0.39 is 27.1 Å². The SMILES string of the molecule is NS(=O)(=O)S(=O)(=O)S(=O)[O-]. The Morgan fingerprint density at radius 3 is 1.50 bits per heavy atom. The van der Waals surface area contributed by atoms with Gasteiger partial charge in [0.2, 0.25) is 0 Å². The van der Waals surface area contributed by atoms with E-state index in [4.69, 9.17) is 0 Å². The minimum absolute atomic E-state index is 3.74. The third-order valence-corrected chi connectivity index (χ3v) is 6.77. The van der Waals surface area contributed by atoms with Gasteiger partial charge in [0.1, 0.15) is 0 Å². The van der Waals surface area contributed by atoms with Crippen molar-refractivity contribution < 1.29 is 25.6 Å². The van der Waals surface area contributed by atoms with E-state index in [1.165, 1.54) is 0 Å². The molecule has 7 nitrogen and oxygen atoms in total. The molecule has 0 aromatic heterocycles. The standard InChI is InChI=1S/H3NO6S3/c1-9(4,5)10(6,7)8(2)3/h(H,2,3)(H2,1,4,5)/p-1. The first-order valence-electron chi connectivity index (χ1n) is 1.57. The molecule has 10 heteroatoms. The smallest absolute Gasteiger partial charge is 0.334 e. The lowest BCUT2D eigenvalue weighted by Crippen LogP contribution is -2.26. The van der Waals surface area contributed by atoms with Gasteiger partial charge in [-0.25, -0.2) is 5.14 Å². The lowest BCUT2D eigenvalue weighted by atomic mass is 14.0. The number of nitrogens with two attached hydrogens (primary N) is 1. The first-order valence-corrected chi connectivity index (χ1v) is 6.71. The van der Waals surface area contributed by atoms with Crippen molar-refractivity contribution in [2.45, 2.75) is 0 Å². The van der Waals surface area contributed by atoms with Gasteiger partial charge in [0, 0.05) is 0 Å². The fraction of sp³-hybridized carbons (Fsp3) is 0. The zero-order valence-electron chi connectivity index (χ0n) is 4.25. The molecule has 0 bridgehead atoms. The van der Waals surface area contributed by atoms with Gasteiger partial charge in [0.25, 0.3) is 0 Å². The first kappa shape index (κ1) is 9.97. The van der Waals surface area contributed by atoms with E-state index in [9.17, 15) is 25.6 Å². The molecule has 0 spiro atoms. The fourth-order valence-corrected chi connectivity index (χ4v) is 2.09. The van der Waals surface area contributed by atoms with Crippen molar-refractivity contribution >= 4 is 27.1 Å². The zero-order chi connectivity index (χ0) is 8.58. The summed E-state index contributed by atoms with van der Waals surface area (Å²) >= 11 is 0. The zero-order valence-corrected chi connectivity index (χ0v) is 6.70. The van der Waals surface area contributed by atoms with Gasteiger partial charge in [-0.3, -0.25) is 4.21 Å². The Morgan fingerprint density at radius 2 is 1.50 bits per heavy atom. The molecular weight excluding hydrogens is 206 g/mol. The summed E-state index contributed by atoms with van der Waals surface area (Å²) in [5, 5.41) is 4.01. The molecule has 0 aliphatic carbocycles. The topological polar surface area (TPSA) is 134 Å². The van der Waals surface area contributed by atoms with Crippen molar-refractivity contribution in [1.29, 1.82) is 0 Å². The van der Waals surface area contributed by atoms with Crippen LogP contribution in [-0.4, -0.2) is 25.6 Å². The average Bonchev–Trinajstić information content (AvgIpc) is 1.62. The fourth-order valence-electron chi connectivity index (χ4n) is 0.0774. The molecule has 0 saturated carbocycles. The third-order valence-electron chi connectivity index (χ3n) is 0.451. The maximum Gasteiger partial charge on any atom is 0.334 e. The third kappa shape index (κ3) is 1.73. The normalized spacial score (nSPS) is 16.6. The second-order valence-corrected chi connectivity index (χ2v) is 8.79. The summed E-state index contributed by atoms with van der Waals surface area (Å²) < 4.78 is 59.1. The molecule has 0 heterocycles. The van der Waals surface area contributed by atoms with E-state index in [-0.39, 0.29) is 0 Å². The van der Waals surface area contributed by atoms with Crippen LogP contribution in [0.2, 0.25) is 0 Å². The molecule has 2 N–H and O–H groups in total. The Bertz CT molecular complexity index is 329. The molecule has 10 heavy (non-hydrogen) atoms. The van der Waals surface area contributed by atoms with Crippen LogP contribution in [0.1, 0.15) is 0 Å². The van der Waals surface area contributed by atoms with Crippen LogP contribution in [0.5, 0.6) is 0 Å². The van der Waals surface area contributed by atoms with E-state index in [0.717, 1.165) is 0 Å².